The van der Waals surface area contributed by atoms with Crippen molar-refractivity contribution in [2.24, 2.45) is 0 Å². The fourth-order valence-corrected chi connectivity index (χ4v) is 2.13. The molecule has 8 heteroatoms. The van der Waals surface area contributed by atoms with Gasteiger partial charge in [-0.3, -0.25) is 4.79 Å². The van der Waals surface area contributed by atoms with Gasteiger partial charge in [-0.1, -0.05) is 29.3 Å². The molecule has 0 aromatic heterocycles. The van der Waals surface area contributed by atoms with E-state index in [1.165, 1.54) is 6.92 Å². The molecule has 2 N–H and O–H groups in total. The molecule has 18 heavy (non-hydrogen) atoms. The van der Waals surface area contributed by atoms with Crippen LogP contribution in [0.15, 0.2) is 18.2 Å². The SMILES string of the molecule is CCS(=O)(=O)NCC(=O)Nc1c(Cl)cccc1Cl. The number of hydrogen-bond acceptors (Lipinski definition) is 3. The van der Waals surface area contributed by atoms with Crippen molar-refractivity contribution in [2.45, 2.75) is 6.92 Å². The number of amides is 1. The molecule has 0 bridgehead atoms. The highest BCUT2D eigenvalue weighted by Crippen LogP contribution is 2.29. The first-order chi connectivity index (χ1) is 8.35. The zero-order valence-electron chi connectivity index (χ0n) is 9.54. The van der Waals surface area contributed by atoms with Gasteiger partial charge in [0.2, 0.25) is 15.9 Å². The molecule has 0 radical (unpaired) electrons. The van der Waals surface area contributed by atoms with Crippen LogP contribution in [-0.2, 0) is 14.8 Å². The molecule has 0 atom stereocenters. The Morgan fingerprint density at radius 1 is 1.28 bits per heavy atom. The molecular weight excluding hydrogens is 299 g/mol. The van der Waals surface area contributed by atoms with Gasteiger partial charge in [-0.25, -0.2) is 13.1 Å². The van der Waals surface area contributed by atoms with E-state index in [2.05, 4.69) is 10.0 Å². The van der Waals surface area contributed by atoms with E-state index >= 15 is 0 Å². The average Bonchev–Trinajstić information content (AvgIpc) is 2.32. The predicted octanol–water partition coefficient (Wildman–Crippen LogP) is 1.87. The van der Waals surface area contributed by atoms with Gasteiger partial charge >= 0.3 is 0 Å². The summed E-state index contributed by atoms with van der Waals surface area (Å²) >= 11 is 11.7. The summed E-state index contributed by atoms with van der Waals surface area (Å²) < 4.78 is 24.4. The Hall–Kier alpha value is -0.820. The first kappa shape index (κ1) is 15.2. The summed E-state index contributed by atoms with van der Waals surface area (Å²) in [6.45, 7) is 1.11. The molecule has 1 rings (SSSR count). The first-order valence-electron chi connectivity index (χ1n) is 5.07. The summed E-state index contributed by atoms with van der Waals surface area (Å²) in [6, 6.07) is 4.78. The van der Waals surface area contributed by atoms with Crippen LogP contribution in [0.1, 0.15) is 6.92 Å². The highest BCUT2D eigenvalue weighted by Gasteiger charge is 2.12. The van der Waals surface area contributed by atoms with Crippen LogP contribution >= 0.6 is 23.2 Å². The van der Waals surface area contributed by atoms with Gasteiger partial charge in [-0.05, 0) is 19.1 Å². The molecule has 0 fully saturated rings. The Balaban J connectivity index is 2.66. The number of carbonyl (C=O) groups is 1. The minimum Gasteiger partial charge on any atom is -0.322 e. The Morgan fingerprint density at radius 3 is 2.33 bits per heavy atom. The molecule has 1 amide bonds. The predicted molar refractivity (Wildman–Crippen MR) is 72.6 cm³/mol. The van der Waals surface area contributed by atoms with Crippen LogP contribution in [-0.4, -0.2) is 26.6 Å². The minimum atomic E-state index is -3.40. The van der Waals surface area contributed by atoms with Crippen molar-refractivity contribution in [2.75, 3.05) is 17.6 Å². The number of hydrogen-bond donors (Lipinski definition) is 2. The van der Waals surface area contributed by atoms with Crippen LogP contribution in [0.5, 0.6) is 0 Å². The van der Waals surface area contributed by atoms with Crippen LogP contribution in [0, 0.1) is 0 Å². The number of rotatable bonds is 5. The molecule has 0 heterocycles. The van der Waals surface area contributed by atoms with E-state index in [1.807, 2.05) is 0 Å². The minimum absolute atomic E-state index is 0.0901. The maximum Gasteiger partial charge on any atom is 0.239 e. The van der Waals surface area contributed by atoms with Gasteiger partial charge in [0, 0.05) is 0 Å². The largest absolute Gasteiger partial charge is 0.322 e. The molecule has 1 aromatic rings. The second-order valence-corrected chi connectivity index (χ2v) is 6.28. The number of nitrogens with one attached hydrogen (secondary N) is 2. The summed E-state index contributed by atoms with van der Waals surface area (Å²) in [5.74, 6) is -0.630. The Kier molecular flexibility index (Phi) is 5.40. The highest BCUT2D eigenvalue weighted by molar-refractivity contribution is 7.89. The molecule has 0 aliphatic heterocycles. The maximum atomic E-state index is 11.5. The summed E-state index contributed by atoms with van der Waals surface area (Å²) in [7, 11) is -3.40. The summed E-state index contributed by atoms with van der Waals surface area (Å²) in [5, 5.41) is 3.02. The fourth-order valence-electron chi connectivity index (χ4n) is 1.08. The van der Waals surface area contributed by atoms with Crippen LogP contribution in [0.4, 0.5) is 5.69 Å². The number of para-hydroxylation sites is 1. The van der Waals surface area contributed by atoms with Crippen molar-refractivity contribution in [3.63, 3.8) is 0 Å². The molecular formula is C10H12Cl2N2O3S. The quantitative estimate of drug-likeness (QED) is 0.871. The van der Waals surface area contributed by atoms with Gasteiger partial charge in [0.15, 0.2) is 0 Å². The summed E-state index contributed by atoms with van der Waals surface area (Å²) in [4.78, 5) is 11.5. The zero-order valence-corrected chi connectivity index (χ0v) is 11.9. The van der Waals surface area contributed by atoms with Crippen molar-refractivity contribution in [1.29, 1.82) is 0 Å². The van der Waals surface area contributed by atoms with E-state index in [-0.39, 0.29) is 28.0 Å². The number of halogens is 2. The third-order valence-electron chi connectivity index (χ3n) is 2.06. The Morgan fingerprint density at radius 2 is 1.83 bits per heavy atom. The second kappa shape index (κ2) is 6.38. The average molecular weight is 311 g/mol. The first-order valence-corrected chi connectivity index (χ1v) is 7.47. The van der Waals surface area contributed by atoms with E-state index in [0.29, 0.717) is 0 Å². The van der Waals surface area contributed by atoms with Gasteiger partial charge < -0.3 is 5.32 Å². The normalized spacial score (nSPS) is 11.3. The fraction of sp³-hybridized carbons (Fsp3) is 0.300. The van der Waals surface area contributed by atoms with Gasteiger partial charge in [-0.2, -0.15) is 0 Å². The molecule has 100 valence electrons. The monoisotopic (exact) mass is 310 g/mol. The lowest BCUT2D eigenvalue weighted by Crippen LogP contribution is -2.33. The van der Waals surface area contributed by atoms with Crippen LogP contribution < -0.4 is 10.0 Å². The van der Waals surface area contributed by atoms with Crippen LogP contribution in [0.2, 0.25) is 10.0 Å². The number of anilines is 1. The van der Waals surface area contributed by atoms with Gasteiger partial charge in [0.1, 0.15) is 0 Å². The number of sulfonamides is 1. The van der Waals surface area contributed by atoms with Crippen molar-refractivity contribution < 1.29 is 13.2 Å². The van der Waals surface area contributed by atoms with Crippen molar-refractivity contribution >= 4 is 44.8 Å². The molecule has 0 saturated carbocycles. The molecule has 5 nitrogen and oxygen atoms in total. The Bertz CT molecular complexity index is 526. The topological polar surface area (TPSA) is 75.3 Å². The third-order valence-corrected chi connectivity index (χ3v) is 4.03. The smallest absolute Gasteiger partial charge is 0.239 e. The zero-order chi connectivity index (χ0) is 13.8. The van der Waals surface area contributed by atoms with Crippen LogP contribution in [0.25, 0.3) is 0 Å². The molecule has 0 saturated heterocycles. The number of benzene rings is 1. The van der Waals surface area contributed by atoms with Gasteiger partial charge in [-0.15, -0.1) is 0 Å². The van der Waals surface area contributed by atoms with E-state index in [1.54, 1.807) is 18.2 Å². The maximum absolute atomic E-state index is 11.5. The van der Waals surface area contributed by atoms with E-state index in [0.717, 1.165) is 0 Å². The van der Waals surface area contributed by atoms with E-state index in [9.17, 15) is 13.2 Å². The molecule has 0 aliphatic carbocycles. The van der Waals surface area contributed by atoms with Crippen molar-refractivity contribution in [3.8, 4) is 0 Å². The summed E-state index contributed by atoms with van der Waals surface area (Å²) in [6.07, 6.45) is 0. The lowest BCUT2D eigenvalue weighted by atomic mass is 10.3. The van der Waals surface area contributed by atoms with Gasteiger partial charge in [0.25, 0.3) is 0 Å². The van der Waals surface area contributed by atoms with Crippen molar-refractivity contribution in [1.82, 2.24) is 4.72 Å². The second-order valence-electron chi connectivity index (χ2n) is 3.37. The third kappa shape index (κ3) is 4.45. The Labute approximate surface area is 116 Å². The molecule has 1 aromatic carbocycles. The molecule has 0 aliphatic rings. The van der Waals surface area contributed by atoms with E-state index < -0.39 is 15.9 Å². The molecule has 0 spiro atoms. The summed E-state index contributed by atoms with van der Waals surface area (Å²) in [5.41, 5.74) is 0.265. The standard InChI is InChI=1S/C10H12Cl2N2O3S/c1-2-18(16,17)13-6-9(15)14-10-7(11)4-3-5-8(10)12/h3-5,13H,2,6H2,1H3,(H,14,15). The van der Waals surface area contributed by atoms with Crippen molar-refractivity contribution in [3.05, 3.63) is 28.2 Å². The lowest BCUT2D eigenvalue weighted by Gasteiger charge is -2.09. The lowest BCUT2D eigenvalue weighted by molar-refractivity contribution is -0.115. The van der Waals surface area contributed by atoms with Crippen LogP contribution in [0.3, 0.4) is 0 Å². The molecule has 0 unspecified atom stereocenters. The number of carbonyl (C=O) groups excluding carboxylic acids is 1. The van der Waals surface area contributed by atoms with Gasteiger partial charge in [0.05, 0.1) is 28.0 Å². The highest BCUT2D eigenvalue weighted by atomic mass is 35.5. The van der Waals surface area contributed by atoms with E-state index in [4.69, 9.17) is 23.2 Å².